The van der Waals surface area contributed by atoms with E-state index in [2.05, 4.69) is 26.3 Å². The van der Waals surface area contributed by atoms with Crippen LogP contribution in [-0.4, -0.2) is 100 Å². The van der Waals surface area contributed by atoms with Crippen molar-refractivity contribution in [3.05, 3.63) is 0 Å². The molecule has 0 aliphatic rings. The first-order valence-electron chi connectivity index (χ1n) is 11.9. The molecule has 11 N–H and O–H groups in total. The van der Waals surface area contributed by atoms with Crippen LogP contribution in [-0.2, 0) is 33.6 Å². The summed E-state index contributed by atoms with van der Waals surface area (Å²) < 4.78 is 0. The Morgan fingerprint density at radius 2 is 1.10 bits per heavy atom. The third-order valence-electron chi connectivity index (χ3n) is 5.24. The Hall–Kier alpha value is -4.28. The van der Waals surface area contributed by atoms with Gasteiger partial charge in [0.05, 0.1) is 31.3 Å². The largest absolute Gasteiger partial charge is 0.481 e. The number of carboxylic acids is 3. The van der Waals surface area contributed by atoms with E-state index >= 15 is 0 Å². The molecule has 0 aromatic carbocycles. The molecule has 39 heavy (non-hydrogen) atoms. The molecule has 0 aromatic rings. The zero-order valence-electron chi connectivity index (χ0n) is 21.9. The molecule has 0 aromatic heterocycles. The van der Waals surface area contributed by atoms with Gasteiger partial charge in [0.1, 0.15) is 12.1 Å². The summed E-state index contributed by atoms with van der Waals surface area (Å²) in [7, 11) is 1.33. The van der Waals surface area contributed by atoms with Gasteiger partial charge in [0, 0.05) is 12.5 Å². The Bertz CT molecular complexity index is 949. The molecule has 0 unspecified atom stereocenters. The lowest BCUT2D eigenvalue weighted by Crippen LogP contribution is -2.58. The average Bonchev–Trinajstić information content (AvgIpc) is 2.81. The predicted octanol–water partition coefficient (Wildman–Crippen LogP) is -3.27. The number of hydrogen-bond donors (Lipinski definition) is 9. The number of aliphatic carboxylic acids is 3. The minimum Gasteiger partial charge on any atom is -0.481 e. The summed E-state index contributed by atoms with van der Waals surface area (Å²) in [6.07, 6.45) is -2.25. The number of nitrogens with one attached hydrogen (secondary N) is 4. The lowest BCUT2D eigenvalue weighted by molar-refractivity contribution is -0.143. The van der Waals surface area contributed by atoms with Gasteiger partial charge in [0.2, 0.25) is 17.7 Å². The minimum atomic E-state index is -1.75. The van der Waals surface area contributed by atoms with Gasteiger partial charge in [-0.05, 0) is 19.9 Å². The lowest BCUT2D eigenvalue weighted by atomic mass is 9.98. The van der Waals surface area contributed by atoms with Crippen molar-refractivity contribution < 1.29 is 48.9 Å². The molecule has 0 bridgehead atoms. The van der Waals surface area contributed by atoms with Gasteiger partial charge in [0.25, 0.3) is 0 Å². The molecule has 0 rings (SSSR count). The molecule has 0 fully saturated rings. The zero-order chi connectivity index (χ0) is 30.3. The third kappa shape index (κ3) is 14.3. The molecule has 0 heterocycles. The van der Waals surface area contributed by atoms with E-state index in [0.717, 1.165) is 0 Å². The molecule has 0 aliphatic heterocycles. The van der Waals surface area contributed by atoms with E-state index < -0.39 is 90.8 Å². The number of amides is 3. The number of nitrogens with two attached hydrogens (primary N) is 2. The summed E-state index contributed by atoms with van der Waals surface area (Å²) in [5.41, 5.74) is 10.5. The lowest BCUT2D eigenvalue weighted by Gasteiger charge is -2.25. The molecular formula is C22H37N7O10. The third-order valence-corrected chi connectivity index (χ3v) is 5.24. The first kappa shape index (κ1) is 34.7. The maximum atomic E-state index is 13.1. The highest BCUT2D eigenvalue weighted by Crippen LogP contribution is 2.07. The first-order valence-corrected chi connectivity index (χ1v) is 11.9. The van der Waals surface area contributed by atoms with Gasteiger partial charge in [-0.1, -0.05) is 13.8 Å². The van der Waals surface area contributed by atoms with Crippen LogP contribution in [0.15, 0.2) is 4.99 Å². The average molecular weight is 560 g/mol. The quantitative estimate of drug-likeness (QED) is 0.0427. The van der Waals surface area contributed by atoms with Crippen LogP contribution in [0.4, 0.5) is 0 Å². The standard InChI is InChI=1S/C22H37N7O10/c1-10(2)18(36)12(7-15(30)31)28-21(39)14(9-17(34)35)29-19(37)11(5-4-6-26-22(23)24)27-20(38)13(25-3)8-16(32)33/h10-14,25H,4-9H2,1-3H3,(H,27,38)(H,28,39)(H,29,37)(H,30,31)(H,32,33)(H,34,35)(H4,23,24,26)/t11-,12-,13-,14-/m0/s1. The van der Waals surface area contributed by atoms with E-state index in [-0.39, 0.29) is 25.3 Å². The van der Waals surface area contributed by atoms with Gasteiger partial charge < -0.3 is 48.1 Å². The van der Waals surface area contributed by atoms with Crippen molar-refractivity contribution in [2.75, 3.05) is 13.6 Å². The number of Topliss-reactive ketones (excluding diaryl/α,β-unsaturated/α-hetero) is 1. The fraction of sp³-hybridized carbons (Fsp3) is 0.636. The number of aliphatic imine (C=N–C) groups is 1. The Morgan fingerprint density at radius 3 is 1.56 bits per heavy atom. The van der Waals surface area contributed by atoms with E-state index in [4.69, 9.17) is 21.7 Å². The van der Waals surface area contributed by atoms with E-state index in [1.165, 1.54) is 20.9 Å². The molecule has 17 nitrogen and oxygen atoms in total. The summed E-state index contributed by atoms with van der Waals surface area (Å²) in [5, 5.41) is 36.6. The highest BCUT2D eigenvalue weighted by atomic mass is 16.4. The number of guanidine groups is 1. The predicted molar refractivity (Wildman–Crippen MR) is 135 cm³/mol. The second-order valence-electron chi connectivity index (χ2n) is 8.82. The normalized spacial score (nSPS) is 13.7. The summed E-state index contributed by atoms with van der Waals surface area (Å²) in [6, 6.07) is -5.81. The van der Waals surface area contributed by atoms with Gasteiger partial charge in [-0.25, -0.2) is 0 Å². The van der Waals surface area contributed by atoms with Gasteiger partial charge in [-0.3, -0.25) is 38.6 Å². The number of carbonyl (C=O) groups is 7. The number of hydrogen-bond acceptors (Lipinski definition) is 9. The smallest absolute Gasteiger partial charge is 0.305 e. The van der Waals surface area contributed by atoms with Crippen LogP contribution < -0.4 is 32.7 Å². The van der Waals surface area contributed by atoms with Crippen molar-refractivity contribution in [1.29, 1.82) is 0 Å². The SMILES string of the molecule is CN[C@@H](CC(=O)O)C(=O)N[C@@H](CCCN=C(N)N)C(=O)N[C@@H](CC(=O)O)C(=O)N[C@@H](CC(=O)O)C(=O)C(C)C. The monoisotopic (exact) mass is 559 g/mol. The number of carbonyl (C=O) groups excluding carboxylic acids is 4. The molecule has 220 valence electrons. The molecule has 0 spiro atoms. The van der Waals surface area contributed by atoms with Crippen molar-refractivity contribution in [1.82, 2.24) is 21.3 Å². The Morgan fingerprint density at radius 1 is 0.692 bits per heavy atom. The van der Waals surface area contributed by atoms with Crippen LogP contribution in [0.2, 0.25) is 0 Å². The van der Waals surface area contributed by atoms with Crippen molar-refractivity contribution in [3.63, 3.8) is 0 Å². The molecule has 0 saturated carbocycles. The highest BCUT2D eigenvalue weighted by molar-refractivity contribution is 5.98. The van der Waals surface area contributed by atoms with Crippen LogP contribution in [0.3, 0.4) is 0 Å². The Labute approximate surface area is 224 Å². The van der Waals surface area contributed by atoms with Crippen LogP contribution in [0.1, 0.15) is 46.0 Å². The van der Waals surface area contributed by atoms with Crippen LogP contribution in [0.25, 0.3) is 0 Å². The molecule has 17 heteroatoms. The van der Waals surface area contributed by atoms with Gasteiger partial charge in [-0.15, -0.1) is 0 Å². The fourth-order valence-corrected chi connectivity index (χ4v) is 3.27. The van der Waals surface area contributed by atoms with E-state index in [0.29, 0.717) is 0 Å². The van der Waals surface area contributed by atoms with Gasteiger partial charge in [0.15, 0.2) is 11.7 Å². The van der Waals surface area contributed by atoms with E-state index in [1.54, 1.807) is 0 Å². The maximum Gasteiger partial charge on any atom is 0.305 e. The van der Waals surface area contributed by atoms with Crippen molar-refractivity contribution in [2.45, 2.75) is 70.1 Å². The second-order valence-corrected chi connectivity index (χ2v) is 8.82. The highest BCUT2D eigenvalue weighted by Gasteiger charge is 2.33. The summed E-state index contributed by atoms with van der Waals surface area (Å²) >= 11 is 0. The van der Waals surface area contributed by atoms with E-state index in [1.807, 2.05) is 0 Å². The molecular weight excluding hydrogens is 522 g/mol. The van der Waals surface area contributed by atoms with Gasteiger partial charge in [-0.2, -0.15) is 0 Å². The Kier molecular flexibility index (Phi) is 15.4. The van der Waals surface area contributed by atoms with Crippen LogP contribution in [0.5, 0.6) is 0 Å². The minimum absolute atomic E-state index is 0.0553. The molecule has 3 amide bonds. The van der Waals surface area contributed by atoms with Gasteiger partial charge >= 0.3 is 17.9 Å². The number of carboxylic acid groups (broad SMARTS) is 3. The van der Waals surface area contributed by atoms with Crippen molar-refractivity contribution in [2.24, 2.45) is 22.4 Å². The van der Waals surface area contributed by atoms with Crippen LogP contribution in [0, 0.1) is 5.92 Å². The first-order chi connectivity index (χ1) is 18.1. The molecule has 0 radical (unpaired) electrons. The fourth-order valence-electron chi connectivity index (χ4n) is 3.27. The number of likely N-dealkylation sites (N-methyl/N-ethyl adjacent to an activating group) is 1. The van der Waals surface area contributed by atoms with Crippen molar-refractivity contribution >= 4 is 47.4 Å². The number of ketones is 1. The topological polar surface area (TPSA) is 293 Å². The van der Waals surface area contributed by atoms with Crippen LogP contribution >= 0.6 is 0 Å². The zero-order valence-corrected chi connectivity index (χ0v) is 21.9. The Balaban J connectivity index is 5.89. The summed E-state index contributed by atoms with van der Waals surface area (Å²) in [5.74, 6) is -8.65. The number of nitrogens with zero attached hydrogens (tertiary/aromatic N) is 1. The molecule has 4 atom stereocenters. The summed E-state index contributed by atoms with van der Waals surface area (Å²) in [4.78, 5) is 88.2. The number of rotatable bonds is 19. The second kappa shape index (κ2) is 17.3. The summed E-state index contributed by atoms with van der Waals surface area (Å²) in [6.45, 7) is 3.02. The van der Waals surface area contributed by atoms with Crippen molar-refractivity contribution in [3.8, 4) is 0 Å². The van der Waals surface area contributed by atoms with E-state index in [9.17, 15) is 38.7 Å². The molecule has 0 aliphatic carbocycles. The molecule has 0 saturated heterocycles. The maximum absolute atomic E-state index is 13.1.